The van der Waals surface area contributed by atoms with Crippen molar-refractivity contribution in [2.45, 2.75) is 39.3 Å². The van der Waals surface area contributed by atoms with Crippen LogP contribution in [0.25, 0.3) is 0 Å². The van der Waals surface area contributed by atoms with Gasteiger partial charge in [0, 0.05) is 19.3 Å². The van der Waals surface area contributed by atoms with Gasteiger partial charge in [-0.15, -0.1) is 0 Å². The molecule has 0 bridgehead atoms. The molecule has 0 aliphatic heterocycles. The largest absolute Gasteiger partial charge is 0.307 e. The van der Waals surface area contributed by atoms with Crippen LogP contribution in [0.3, 0.4) is 0 Å². The Bertz CT molecular complexity index is 578. The highest BCUT2D eigenvalue weighted by Gasteiger charge is 2.10. The van der Waals surface area contributed by atoms with E-state index in [2.05, 4.69) is 33.5 Å². The predicted octanol–water partition coefficient (Wildman–Crippen LogP) is 2.56. The Hall–Kier alpha value is -1.74. The summed E-state index contributed by atoms with van der Waals surface area (Å²) in [5.41, 5.74) is 5.49. The SMILES string of the molecule is Cc1nccc(CNCc2ccc3c(c2)CCC3)n1. The topological polar surface area (TPSA) is 37.8 Å². The fourth-order valence-electron chi connectivity index (χ4n) is 2.67. The zero-order chi connectivity index (χ0) is 13.1. The van der Waals surface area contributed by atoms with Gasteiger partial charge in [-0.3, -0.25) is 0 Å². The summed E-state index contributed by atoms with van der Waals surface area (Å²) in [4.78, 5) is 8.50. The molecule has 0 saturated heterocycles. The second kappa shape index (κ2) is 5.49. The van der Waals surface area contributed by atoms with Crippen molar-refractivity contribution in [1.82, 2.24) is 15.3 Å². The Labute approximate surface area is 114 Å². The van der Waals surface area contributed by atoms with Gasteiger partial charge in [-0.2, -0.15) is 0 Å². The van der Waals surface area contributed by atoms with Crippen molar-refractivity contribution in [3.8, 4) is 0 Å². The van der Waals surface area contributed by atoms with E-state index in [9.17, 15) is 0 Å². The van der Waals surface area contributed by atoms with Crippen molar-refractivity contribution < 1.29 is 0 Å². The number of aryl methyl sites for hydroxylation is 3. The number of benzene rings is 1. The van der Waals surface area contributed by atoms with Gasteiger partial charge in [-0.05, 0) is 48.9 Å². The smallest absolute Gasteiger partial charge is 0.125 e. The molecule has 0 radical (unpaired) electrons. The number of nitrogens with zero attached hydrogens (tertiary/aromatic N) is 2. The lowest BCUT2D eigenvalue weighted by Gasteiger charge is -2.07. The minimum atomic E-state index is 0.792. The number of aromatic nitrogens is 2. The average molecular weight is 253 g/mol. The molecule has 1 N–H and O–H groups in total. The third kappa shape index (κ3) is 2.99. The average Bonchev–Trinajstić information content (AvgIpc) is 2.86. The standard InChI is InChI=1S/C16H19N3/c1-12-18-8-7-16(19-12)11-17-10-13-5-6-14-3-2-4-15(14)9-13/h5-9,17H,2-4,10-11H2,1H3. The summed E-state index contributed by atoms with van der Waals surface area (Å²) in [5.74, 6) is 0.830. The number of fused-ring (bicyclic) bond motifs is 1. The second-order valence-corrected chi connectivity index (χ2v) is 5.16. The second-order valence-electron chi connectivity index (χ2n) is 5.16. The van der Waals surface area contributed by atoms with Crippen molar-refractivity contribution in [3.05, 3.63) is 58.7 Å². The van der Waals surface area contributed by atoms with Crippen molar-refractivity contribution in [2.24, 2.45) is 0 Å². The summed E-state index contributed by atoms with van der Waals surface area (Å²) < 4.78 is 0. The predicted molar refractivity (Wildman–Crippen MR) is 75.8 cm³/mol. The molecular formula is C16H19N3. The van der Waals surface area contributed by atoms with Crippen LogP contribution in [0.1, 0.15) is 34.6 Å². The Balaban J connectivity index is 1.58. The zero-order valence-corrected chi connectivity index (χ0v) is 11.3. The number of hydrogen-bond acceptors (Lipinski definition) is 3. The third-order valence-electron chi connectivity index (χ3n) is 3.63. The van der Waals surface area contributed by atoms with Crippen LogP contribution in [-0.4, -0.2) is 9.97 Å². The van der Waals surface area contributed by atoms with Crippen LogP contribution in [0, 0.1) is 6.92 Å². The highest BCUT2D eigenvalue weighted by molar-refractivity contribution is 5.35. The first-order valence-corrected chi connectivity index (χ1v) is 6.91. The van der Waals surface area contributed by atoms with E-state index in [-0.39, 0.29) is 0 Å². The molecule has 0 unspecified atom stereocenters. The number of nitrogens with one attached hydrogen (secondary N) is 1. The van der Waals surface area contributed by atoms with Crippen LogP contribution in [-0.2, 0) is 25.9 Å². The van der Waals surface area contributed by atoms with E-state index in [1.54, 1.807) is 0 Å². The molecule has 1 aliphatic rings. The lowest BCUT2D eigenvalue weighted by Crippen LogP contribution is -2.14. The normalized spacial score (nSPS) is 13.5. The molecule has 1 heterocycles. The van der Waals surface area contributed by atoms with Crippen LogP contribution in [0.15, 0.2) is 30.5 Å². The van der Waals surface area contributed by atoms with Gasteiger partial charge < -0.3 is 5.32 Å². The van der Waals surface area contributed by atoms with Gasteiger partial charge in [-0.1, -0.05) is 18.2 Å². The first-order chi connectivity index (χ1) is 9.31. The third-order valence-corrected chi connectivity index (χ3v) is 3.63. The molecule has 1 aromatic carbocycles. The maximum atomic E-state index is 4.39. The molecule has 3 nitrogen and oxygen atoms in total. The molecule has 1 aliphatic carbocycles. The summed E-state index contributed by atoms with van der Waals surface area (Å²) >= 11 is 0. The van der Waals surface area contributed by atoms with Crippen LogP contribution in [0.4, 0.5) is 0 Å². The summed E-state index contributed by atoms with van der Waals surface area (Å²) in [6.45, 7) is 3.61. The van der Waals surface area contributed by atoms with E-state index < -0.39 is 0 Å². The van der Waals surface area contributed by atoms with Crippen molar-refractivity contribution in [2.75, 3.05) is 0 Å². The highest BCUT2D eigenvalue weighted by Crippen LogP contribution is 2.22. The molecule has 0 spiro atoms. The van der Waals surface area contributed by atoms with Crippen LogP contribution < -0.4 is 5.32 Å². The Morgan fingerprint density at radius 3 is 2.89 bits per heavy atom. The van der Waals surface area contributed by atoms with E-state index in [0.29, 0.717) is 0 Å². The molecule has 2 aromatic rings. The van der Waals surface area contributed by atoms with Gasteiger partial charge in [-0.25, -0.2) is 9.97 Å². The molecule has 3 rings (SSSR count). The first kappa shape index (κ1) is 12.3. The molecular weight excluding hydrogens is 234 g/mol. The first-order valence-electron chi connectivity index (χ1n) is 6.91. The van der Waals surface area contributed by atoms with Gasteiger partial charge in [0.15, 0.2) is 0 Å². The Kier molecular flexibility index (Phi) is 3.56. The van der Waals surface area contributed by atoms with E-state index in [1.165, 1.54) is 36.0 Å². The highest BCUT2D eigenvalue weighted by atomic mass is 14.9. The fourth-order valence-corrected chi connectivity index (χ4v) is 2.67. The summed E-state index contributed by atoms with van der Waals surface area (Å²) in [5, 5.41) is 3.45. The molecule has 19 heavy (non-hydrogen) atoms. The van der Waals surface area contributed by atoms with Gasteiger partial charge in [0.1, 0.15) is 5.82 Å². The number of hydrogen-bond donors (Lipinski definition) is 1. The van der Waals surface area contributed by atoms with E-state index in [0.717, 1.165) is 24.6 Å². The lowest BCUT2D eigenvalue weighted by molar-refractivity contribution is 0.674. The van der Waals surface area contributed by atoms with Gasteiger partial charge in [0.2, 0.25) is 0 Å². The lowest BCUT2D eigenvalue weighted by atomic mass is 10.1. The van der Waals surface area contributed by atoms with Gasteiger partial charge >= 0.3 is 0 Å². The van der Waals surface area contributed by atoms with E-state index in [1.807, 2.05) is 19.2 Å². The minimum Gasteiger partial charge on any atom is -0.307 e. The molecule has 0 saturated carbocycles. The molecule has 98 valence electrons. The van der Waals surface area contributed by atoms with Crippen LogP contribution in [0.2, 0.25) is 0 Å². The summed E-state index contributed by atoms with van der Waals surface area (Å²) in [7, 11) is 0. The van der Waals surface area contributed by atoms with Gasteiger partial charge in [0.25, 0.3) is 0 Å². The van der Waals surface area contributed by atoms with E-state index >= 15 is 0 Å². The minimum absolute atomic E-state index is 0.792. The molecule has 0 amide bonds. The number of rotatable bonds is 4. The van der Waals surface area contributed by atoms with Gasteiger partial charge in [0.05, 0.1) is 5.69 Å². The Morgan fingerprint density at radius 1 is 1.11 bits per heavy atom. The maximum absolute atomic E-state index is 4.39. The quantitative estimate of drug-likeness (QED) is 0.910. The summed E-state index contributed by atoms with van der Waals surface area (Å²) in [6, 6.07) is 8.83. The molecule has 3 heteroatoms. The monoisotopic (exact) mass is 253 g/mol. The fraction of sp³-hybridized carbons (Fsp3) is 0.375. The van der Waals surface area contributed by atoms with Crippen LogP contribution in [0.5, 0.6) is 0 Å². The molecule has 0 atom stereocenters. The molecule has 1 aromatic heterocycles. The van der Waals surface area contributed by atoms with Crippen LogP contribution >= 0.6 is 0 Å². The van der Waals surface area contributed by atoms with Crippen molar-refractivity contribution in [1.29, 1.82) is 0 Å². The van der Waals surface area contributed by atoms with Crippen molar-refractivity contribution in [3.63, 3.8) is 0 Å². The summed E-state index contributed by atoms with van der Waals surface area (Å²) in [6.07, 6.45) is 5.62. The van der Waals surface area contributed by atoms with E-state index in [4.69, 9.17) is 0 Å². The molecule has 0 fully saturated rings. The Morgan fingerprint density at radius 2 is 2.00 bits per heavy atom. The van der Waals surface area contributed by atoms with Crippen molar-refractivity contribution >= 4 is 0 Å². The zero-order valence-electron chi connectivity index (χ0n) is 11.3. The maximum Gasteiger partial charge on any atom is 0.125 e.